The van der Waals surface area contributed by atoms with E-state index in [1.165, 1.54) is 0 Å². The van der Waals surface area contributed by atoms with Gasteiger partial charge < -0.3 is 0 Å². The van der Waals surface area contributed by atoms with Gasteiger partial charge in [0, 0.05) is 12.1 Å². The standard InChI is InChI=1S/C10H8Cl2N2/c11-6-3-4-8-10(12)13-9-5-1-2-7-14(8)9/h1-5,7H,6H2. The first-order chi connectivity index (χ1) is 6.83. The Morgan fingerprint density at radius 3 is 3.07 bits per heavy atom. The number of imidazole rings is 1. The van der Waals surface area contributed by atoms with Gasteiger partial charge in [-0.25, -0.2) is 4.98 Å². The summed E-state index contributed by atoms with van der Waals surface area (Å²) < 4.78 is 1.92. The SMILES string of the molecule is ClCC=Cc1c(Cl)nc2ccccn12. The van der Waals surface area contributed by atoms with Crippen molar-refractivity contribution in [1.82, 2.24) is 9.38 Å². The molecule has 2 aromatic heterocycles. The molecule has 2 aromatic rings. The third-order valence-corrected chi connectivity index (χ3v) is 2.34. The van der Waals surface area contributed by atoms with Crippen molar-refractivity contribution in [2.45, 2.75) is 0 Å². The highest BCUT2D eigenvalue weighted by Crippen LogP contribution is 2.18. The molecule has 4 heteroatoms. The summed E-state index contributed by atoms with van der Waals surface area (Å²) in [5.41, 5.74) is 1.70. The van der Waals surface area contributed by atoms with Crippen molar-refractivity contribution in [3.05, 3.63) is 41.3 Å². The van der Waals surface area contributed by atoms with Crippen LogP contribution < -0.4 is 0 Å². The number of aromatic nitrogens is 2. The van der Waals surface area contributed by atoms with E-state index in [0.717, 1.165) is 11.3 Å². The summed E-state index contributed by atoms with van der Waals surface area (Å²) in [6.07, 6.45) is 5.63. The number of hydrogen-bond acceptors (Lipinski definition) is 1. The Labute approximate surface area is 91.8 Å². The maximum Gasteiger partial charge on any atom is 0.155 e. The van der Waals surface area contributed by atoms with E-state index >= 15 is 0 Å². The first-order valence-corrected chi connectivity index (χ1v) is 5.09. The highest BCUT2D eigenvalue weighted by Gasteiger charge is 2.05. The average molecular weight is 227 g/mol. The number of alkyl halides is 1. The quantitative estimate of drug-likeness (QED) is 0.720. The van der Waals surface area contributed by atoms with Gasteiger partial charge in [-0.15, -0.1) is 11.6 Å². The summed E-state index contributed by atoms with van der Waals surface area (Å²) in [7, 11) is 0. The number of allylic oxidation sites excluding steroid dienone is 1. The molecule has 0 unspecified atom stereocenters. The molecular formula is C10H8Cl2N2. The van der Waals surface area contributed by atoms with Crippen LogP contribution in [-0.4, -0.2) is 15.3 Å². The molecule has 0 fully saturated rings. The number of nitrogens with zero attached hydrogens (tertiary/aromatic N) is 2. The van der Waals surface area contributed by atoms with E-state index in [1.807, 2.05) is 40.9 Å². The molecule has 2 heterocycles. The van der Waals surface area contributed by atoms with Crippen LogP contribution in [0.25, 0.3) is 11.7 Å². The van der Waals surface area contributed by atoms with Crippen LogP contribution in [0.5, 0.6) is 0 Å². The Balaban J connectivity index is 2.62. The maximum atomic E-state index is 5.98. The van der Waals surface area contributed by atoms with Crippen molar-refractivity contribution in [1.29, 1.82) is 0 Å². The van der Waals surface area contributed by atoms with E-state index < -0.39 is 0 Å². The molecule has 0 saturated heterocycles. The second kappa shape index (κ2) is 4.03. The third kappa shape index (κ3) is 1.63. The molecule has 0 spiro atoms. The van der Waals surface area contributed by atoms with Gasteiger partial charge >= 0.3 is 0 Å². The number of pyridine rings is 1. The van der Waals surface area contributed by atoms with Crippen LogP contribution in [0.4, 0.5) is 0 Å². The molecule has 0 amide bonds. The molecule has 0 aromatic carbocycles. The Hall–Kier alpha value is -0.990. The minimum Gasteiger partial charge on any atom is -0.299 e. The normalized spacial score (nSPS) is 11.6. The second-order valence-corrected chi connectivity index (χ2v) is 3.44. The molecule has 0 aliphatic carbocycles. The van der Waals surface area contributed by atoms with Crippen LogP contribution in [-0.2, 0) is 0 Å². The lowest BCUT2D eigenvalue weighted by molar-refractivity contribution is 1.17. The Kier molecular flexibility index (Phi) is 2.75. The van der Waals surface area contributed by atoms with Crippen molar-refractivity contribution in [2.75, 3.05) is 5.88 Å². The van der Waals surface area contributed by atoms with E-state index in [4.69, 9.17) is 23.2 Å². The molecule has 2 nitrogen and oxygen atoms in total. The molecule has 14 heavy (non-hydrogen) atoms. The van der Waals surface area contributed by atoms with E-state index in [0.29, 0.717) is 11.0 Å². The van der Waals surface area contributed by atoms with Gasteiger partial charge in [0.2, 0.25) is 0 Å². The minimum absolute atomic E-state index is 0.469. The predicted octanol–water partition coefficient (Wildman–Crippen LogP) is 3.24. The van der Waals surface area contributed by atoms with Gasteiger partial charge in [-0.05, 0) is 18.2 Å². The molecule has 0 radical (unpaired) electrons. The molecule has 0 atom stereocenters. The summed E-state index contributed by atoms with van der Waals surface area (Å²) in [6.45, 7) is 0. The Morgan fingerprint density at radius 2 is 2.29 bits per heavy atom. The molecule has 0 N–H and O–H groups in total. The van der Waals surface area contributed by atoms with E-state index in [1.54, 1.807) is 0 Å². The highest BCUT2D eigenvalue weighted by atomic mass is 35.5. The Morgan fingerprint density at radius 1 is 1.43 bits per heavy atom. The fraction of sp³-hybridized carbons (Fsp3) is 0.100. The number of rotatable bonds is 2. The lowest BCUT2D eigenvalue weighted by Crippen LogP contribution is -1.85. The van der Waals surface area contributed by atoms with Gasteiger partial charge in [0.15, 0.2) is 5.15 Å². The molecule has 0 aliphatic heterocycles. The topological polar surface area (TPSA) is 17.3 Å². The summed E-state index contributed by atoms with van der Waals surface area (Å²) in [4.78, 5) is 4.20. The summed E-state index contributed by atoms with van der Waals surface area (Å²) in [5.74, 6) is 0.469. The van der Waals surface area contributed by atoms with Gasteiger partial charge in [-0.2, -0.15) is 0 Å². The van der Waals surface area contributed by atoms with Gasteiger partial charge in [0.25, 0.3) is 0 Å². The fourth-order valence-electron chi connectivity index (χ4n) is 1.29. The van der Waals surface area contributed by atoms with E-state index in [-0.39, 0.29) is 0 Å². The van der Waals surface area contributed by atoms with Gasteiger partial charge in [0.1, 0.15) is 5.65 Å². The molecule has 0 bridgehead atoms. The van der Waals surface area contributed by atoms with Crippen LogP contribution in [0.15, 0.2) is 30.5 Å². The van der Waals surface area contributed by atoms with Crippen LogP contribution in [0.1, 0.15) is 5.69 Å². The molecule has 0 aliphatic rings. The average Bonchev–Trinajstić information content (AvgIpc) is 2.51. The summed E-state index contributed by atoms with van der Waals surface area (Å²) in [6, 6.07) is 5.76. The smallest absolute Gasteiger partial charge is 0.155 e. The maximum absolute atomic E-state index is 5.98. The van der Waals surface area contributed by atoms with Crippen molar-refractivity contribution in [3.8, 4) is 0 Å². The largest absolute Gasteiger partial charge is 0.299 e. The first-order valence-electron chi connectivity index (χ1n) is 4.18. The van der Waals surface area contributed by atoms with Gasteiger partial charge in [-0.3, -0.25) is 4.40 Å². The first kappa shape index (κ1) is 9.56. The Bertz CT molecular complexity index is 474. The lowest BCUT2D eigenvalue weighted by Gasteiger charge is -1.94. The predicted molar refractivity (Wildman–Crippen MR) is 60.0 cm³/mol. The zero-order valence-electron chi connectivity index (χ0n) is 7.32. The second-order valence-electron chi connectivity index (χ2n) is 2.77. The zero-order valence-corrected chi connectivity index (χ0v) is 8.83. The van der Waals surface area contributed by atoms with Gasteiger partial charge in [0.05, 0.1) is 5.69 Å². The molecule has 0 saturated carbocycles. The van der Waals surface area contributed by atoms with Crippen molar-refractivity contribution >= 4 is 34.9 Å². The molecule has 2 rings (SSSR count). The van der Waals surface area contributed by atoms with E-state index in [2.05, 4.69) is 4.98 Å². The summed E-state index contributed by atoms with van der Waals surface area (Å²) in [5, 5.41) is 0.498. The van der Waals surface area contributed by atoms with Gasteiger partial charge in [-0.1, -0.05) is 23.7 Å². The number of fused-ring (bicyclic) bond motifs is 1. The number of hydrogen-bond donors (Lipinski definition) is 0. The fourth-order valence-corrected chi connectivity index (χ4v) is 1.62. The minimum atomic E-state index is 0.469. The van der Waals surface area contributed by atoms with Crippen LogP contribution in [0.3, 0.4) is 0 Å². The number of halogens is 2. The van der Waals surface area contributed by atoms with Crippen molar-refractivity contribution < 1.29 is 0 Å². The monoisotopic (exact) mass is 226 g/mol. The third-order valence-electron chi connectivity index (χ3n) is 1.89. The van der Waals surface area contributed by atoms with Crippen LogP contribution in [0.2, 0.25) is 5.15 Å². The zero-order chi connectivity index (χ0) is 9.97. The van der Waals surface area contributed by atoms with Crippen molar-refractivity contribution in [3.63, 3.8) is 0 Å². The summed E-state index contributed by atoms with van der Waals surface area (Å²) >= 11 is 11.5. The highest BCUT2D eigenvalue weighted by molar-refractivity contribution is 6.31. The molecule has 72 valence electrons. The molecular weight excluding hydrogens is 219 g/mol. The van der Waals surface area contributed by atoms with Crippen LogP contribution in [0, 0.1) is 0 Å². The van der Waals surface area contributed by atoms with Crippen molar-refractivity contribution in [2.24, 2.45) is 0 Å². The van der Waals surface area contributed by atoms with E-state index in [9.17, 15) is 0 Å². The van der Waals surface area contributed by atoms with Crippen LogP contribution >= 0.6 is 23.2 Å². The lowest BCUT2D eigenvalue weighted by atomic mass is 10.4.